The fourth-order valence-electron chi connectivity index (χ4n) is 2.83. The second kappa shape index (κ2) is 6.64. The van der Waals surface area contributed by atoms with Crippen molar-refractivity contribution in [1.82, 2.24) is 30.5 Å². The lowest BCUT2D eigenvalue weighted by molar-refractivity contribution is -0.123. The van der Waals surface area contributed by atoms with E-state index in [0.717, 1.165) is 12.0 Å². The highest BCUT2D eigenvalue weighted by Gasteiger charge is 2.23. The first kappa shape index (κ1) is 14.6. The maximum absolute atomic E-state index is 12.1. The van der Waals surface area contributed by atoms with Crippen molar-refractivity contribution >= 4 is 5.91 Å². The lowest BCUT2D eigenvalue weighted by Gasteiger charge is -2.29. The van der Waals surface area contributed by atoms with Crippen LogP contribution < -0.4 is 5.32 Å². The van der Waals surface area contributed by atoms with E-state index < -0.39 is 0 Å². The maximum Gasteiger partial charge on any atom is 0.243 e. The molecular weight excluding hydrogens is 280 g/mol. The predicted molar refractivity (Wildman–Crippen MR) is 80.6 cm³/mol. The number of carbonyl (C=O) groups excluding carboxylic acids is 1. The first-order valence-electron chi connectivity index (χ1n) is 7.70. The second-order valence-electron chi connectivity index (χ2n) is 5.82. The third-order valence-electron chi connectivity index (χ3n) is 4.12. The molecule has 0 saturated heterocycles. The SMILES string of the molecule is C[C@@H]1CCCC[C@@H]1NC(=O)Cn1nnc(-c2cccnc2)n1. The minimum atomic E-state index is -0.0612. The minimum Gasteiger partial charge on any atom is -0.351 e. The zero-order valence-corrected chi connectivity index (χ0v) is 12.6. The minimum absolute atomic E-state index is 0.0612. The lowest BCUT2D eigenvalue weighted by atomic mass is 9.86. The van der Waals surface area contributed by atoms with Crippen molar-refractivity contribution < 1.29 is 4.79 Å². The Morgan fingerprint density at radius 1 is 1.41 bits per heavy atom. The number of hydrogen-bond acceptors (Lipinski definition) is 5. The van der Waals surface area contributed by atoms with Gasteiger partial charge in [0.15, 0.2) is 0 Å². The molecule has 1 amide bonds. The Labute approximate surface area is 129 Å². The average Bonchev–Trinajstić information content (AvgIpc) is 2.99. The summed E-state index contributed by atoms with van der Waals surface area (Å²) in [6, 6.07) is 3.94. The van der Waals surface area contributed by atoms with E-state index in [1.54, 1.807) is 12.4 Å². The molecule has 116 valence electrons. The van der Waals surface area contributed by atoms with Gasteiger partial charge in [-0.1, -0.05) is 19.8 Å². The van der Waals surface area contributed by atoms with Crippen LogP contribution in [0, 0.1) is 5.92 Å². The van der Waals surface area contributed by atoms with Crippen LogP contribution >= 0.6 is 0 Å². The van der Waals surface area contributed by atoms with Gasteiger partial charge in [-0.2, -0.15) is 4.80 Å². The molecule has 0 spiro atoms. The number of nitrogens with zero attached hydrogens (tertiary/aromatic N) is 5. The number of tetrazole rings is 1. The van der Waals surface area contributed by atoms with Crippen LogP contribution in [0.4, 0.5) is 0 Å². The van der Waals surface area contributed by atoms with Crippen LogP contribution in [0.2, 0.25) is 0 Å². The van der Waals surface area contributed by atoms with Crippen molar-refractivity contribution in [3.63, 3.8) is 0 Å². The van der Waals surface area contributed by atoms with Gasteiger partial charge in [-0.15, -0.1) is 10.2 Å². The molecule has 1 N–H and O–H groups in total. The Morgan fingerprint density at radius 2 is 2.27 bits per heavy atom. The largest absolute Gasteiger partial charge is 0.351 e. The summed E-state index contributed by atoms with van der Waals surface area (Å²) in [6.45, 7) is 2.29. The van der Waals surface area contributed by atoms with Crippen LogP contribution in [-0.2, 0) is 11.3 Å². The number of aromatic nitrogens is 5. The summed E-state index contributed by atoms with van der Waals surface area (Å²) in [4.78, 5) is 17.5. The Morgan fingerprint density at radius 3 is 3.05 bits per heavy atom. The smallest absolute Gasteiger partial charge is 0.243 e. The molecule has 1 aliphatic rings. The number of carbonyl (C=O) groups is 1. The topological polar surface area (TPSA) is 85.6 Å². The highest BCUT2D eigenvalue weighted by molar-refractivity contribution is 5.75. The Kier molecular flexibility index (Phi) is 4.41. The van der Waals surface area contributed by atoms with Gasteiger partial charge in [0, 0.05) is 24.0 Å². The van der Waals surface area contributed by atoms with E-state index in [1.165, 1.54) is 24.1 Å². The molecule has 2 atom stereocenters. The summed E-state index contributed by atoms with van der Waals surface area (Å²) < 4.78 is 0. The molecule has 1 saturated carbocycles. The van der Waals surface area contributed by atoms with Crippen LogP contribution in [0.5, 0.6) is 0 Å². The third-order valence-corrected chi connectivity index (χ3v) is 4.12. The summed E-state index contributed by atoms with van der Waals surface area (Å²) in [5.41, 5.74) is 0.787. The van der Waals surface area contributed by atoms with Crippen molar-refractivity contribution in [2.75, 3.05) is 0 Å². The van der Waals surface area contributed by atoms with Gasteiger partial charge in [0.05, 0.1) is 0 Å². The quantitative estimate of drug-likeness (QED) is 0.923. The van der Waals surface area contributed by atoms with Crippen LogP contribution in [0.15, 0.2) is 24.5 Å². The molecule has 0 bridgehead atoms. The zero-order chi connectivity index (χ0) is 15.4. The summed E-state index contributed by atoms with van der Waals surface area (Å²) in [7, 11) is 0. The molecule has 2 aromatic heterocycles. The van der Waals surface area contributed by atoms with Crippen molar-refractivity contribution in [3.05, 3.63) is 24.5 Å². The summed E-state index contributed by atoms with van der Waals surface area (Å²) in [5, 5.41) is 15.2. The Hall–Kier alpha value is -2.31. The van der Waals surface area contributed by atoms with Gasteiger partial charge in [0.1, 0.15) is 6.54 Å². The van der Waals surface area contributed by atoms with E-state index in [4.69, 9.17) is 0 Å². The van der Waals surface area contributed by atoms with Gasteiger partial charge in [-0.25, -0.2) is 0 Å². The number of rotatable bonds is 4. The monoisotopic (exact) mass is 300 g/mol. The number of hydrogen-bond donors (Lipinski definition) is 1. The van der Waals surface area contributed by atoms with E-state index in [2.05, 4.69) is 32.6 Å². The van der Waals surface area contributed by atoms with E-state index in [0.29, 0.717) is 11.7 Å². The molecule has 0 unspecified atom stereocenters. The van der Waals surface area contributed by atoms with Gasteiger partial charge >= 0.3 is 0 Å². The van der Waals surface area contributed by atoms with Crippen molar-refractivity contribution in [1.29, 1.82) is 0 Å². The van der Waals surface area contributed by atoms with Crippen LogP contribution in [0.1, 0.15) is 32.6 Å². The molecule has 7 nitrogen and oxygen atoms in total. The van der Waals surface area contributed by atoms with Crippen molar-refractivity contribution in [3.8, 4) is 11.4 Å². The first-order chi connectivity index (χ1) is 10.7. The van der Waals surface area contributed by atoms with Crippen LogP contribution in [0.3, 0.4) is 0 Å². The van der Waals surface area contributed by atoms with E-state index in [9.17, 15) is 4.79 Å². The molecular formula is C15H20N6O. The molecule has 1 aliphatic carbocycles. The van der Waals surface area contributed by atoms with Gasteiger partial charge < -0.3 is 5.32 Å². The average molecular weight is 300 g/mol. The van der Waals surface area contributed by atoms with Crippen LogP contribution in [0.25, 0.3) is 11.4 Å². The Bertz CT molecular complexity index is 626. The third kappa shape index (κ3) is 3.47. The highest BCUT2D eigenvalue weighted by Crippen LogP contribution is 2.23. The molecule has 2 heterocycles. The fourth-order valence-corrected chi connectivity index (χ4v) is 2.83. The zero-order valence-electron chi connectivity index (χ0n) is 12.6. The van der Waals surface area contributed by atoms with Gasteiger partial charge in [0.25, 0.3) is 0 Å². The molecule has 0 aliphatic heterocycles. The molecule has 2 aromatic rings. The summed E-state index contributed by atoms with van der Waals surface area (Å²) >= 11 is 0. The van der Waals surface area contributed by atoms with Crippen molar-refractivity contribution in [2.45, 2.75) is 45.2 Å². The van der Waals surface area contributed by atoms with Crippen LogP contribution in [-0.4, -0.2) is 37.1 Å². The van der Waals surface area contributed by atoms with Gasteiger partial charge in [0.2, 0.25) is 11.7 Å². The Balaban J connectivity index is 1.59. The summed E-state index contributed by atoms with van der Waals surface area (Å²) in [5.74, 6) is 0.952. The molecule has 7 heteroatoms. The molecule has 0 aromatic carbocycles. The lowest BCUT2D eigenvalue weighted by Crippen LogP contribution is -2.42. The number of pyridine rings is 1. The van der Waals surface area contributed by atoms with Gasteiger partial charge in [-0.3, -0.25) is 9.78 Å². The molecule has 0 radical (unpaired) electrons. The molecule has 3 rings (SSSR count). The number of amides is 1. The van der Waals surface area contributed by atoms with Gasteiger partial charge in [-0.05, 0) is 36.1 Å². The van der Waals surface area contributed by atoms with Crippen molar-refractivity contribution in [2.24, 2.45) is 5.92 Å². The maximum atomic E-state index is 12.1. The predicted octanol–water partition coefficient (Wildman–Crippen LogP) is 1.43. The van der Waals surface area contributed by atoms with E-state index in [1.807, 2.05) is 12.1 Å². The second-order valence-corrected chi connectivity index (χ2v) is 5.82. The normalized spacial score (nSPS) is 21.5. The van der Waals surface area contributed by atoms with E-state index >= 15 is 0 Å². The van der Waals surface area contributed by atoms with E-state index in [-0.39, 0.29) is 18.5 Å². The summed E-state index contributed by atoms with van der Waals surface area (Å²) in [6.07, 6.45) is 8.03. The highest BCUT2D eigenvalue weighted by atomic mass is 16.2. The number of nitrogens with one attached hydrogen (secondary N) is 1. The standard InChI is InChI=1S/C15H20N6O/c1-11-5-2-3-7-13(11)17-14(22)10-21-19-15(18-20-21)12-6-4-8-16-9-12/h4,6,8-9,11,13H,2-3,5,7,10H2,1H3,(H,17,22)/t11-,13+/m1/s1. The molecule has 1 fully saturated rings. The first-order valence-corrected chi connectivity index (χ1v) is 7.70. The molecule has 22 heavy (non-hydrogen) atoms. The fraction of sp³-hybridized carbons (Fsp3) is 0.533.